The third-order valence-corrected chi connectivity index (χ3v) is 3.93. The third-order valence-electron chi connectivity index (χ3n) is 3.40. The van der Waals surface area contributed by atoms with Gasteiger partial charge in [0.1, 0.15) is 24.8 Å². The summed E-state index contributed by atoms with van der Waals surface area (Å²) in [6, 6.07) is 15.9. The van der Waals surface area contributed by atoms with Crippen molar-refractivity contribution in [2.24, 2.45) is 0 Å². The average molecular weight is 361 g/mol. The Morgan fingerprint density at radius 1 is 1.09 bits per heavy atom. The first-order valence-corrected chi connectivity index (χ1v) is 7.88. The molecule has 0 radical (unpaired) electrons. The van der Waals surface area contributed by atoms with Crippen molar-refractivity contribution in [1.82, 2.24) is 9.55 Å². The summed E-state index contributed by atoms with van der Waals surface area (Å²) < 4.78 is 14.2. The largest absolute Gasteiger partial charge is 0.492 e. The number of ether oxygens (including phenoxy) is 2. The van der Waals surface area contributed by atoms with Crippen LogP contribution >= 0.6 is 15.9 Å². The van der Waals surface area contributed by atoms with E-state index in [1.54, 1.807) is 7.11 Å². The van der Waals surface area contributed by atoms with Crippen LogP contribution in [0.4, 0.5) is 0 Å². The lowest BCUT2D eigenvalue weighted by Crippen LogP contribution is -2.11. The Hall–Kier alpha value is -1.85. The molecule has 0 saturated carbocycles. The minimum absolute atomic E-state index is 0.493. The van der Waals surface area contributed by atoms with Gasteiger partial charge in [-0.3, -0.25) is 0 Å². The second-order valence-electron chi connectivity index (χ2n) is 4.90. The molecule has 1 aromatic heterocycles. The molecule has 0 spiro atoms. The molecule has 0 fully saturated rings. The number of nitrogens with zero attached hydrogens (tertiary/aromatic N) is 2. The lowest BCUT2D eigenvalue weighted by atomic mass is 10.3. The van der Waals surface area contributed by atoms with Gasteiger partial charge in [0.25, 0.3) is 0 Å². The van der Waals surface area contributed by atoms with Crippen molar-refractivity contribution >= 4 is 27.0 Å². The molecule has 114 valence electrons. The van der Waals surface area contributed by atoms with Crippen LogP contribution in [0.15, 0.2) is 53.0 Å². The lowest BCUT2D eigenvalue weighted by Gasteiger charge is -2.10. The van der Waals surface area contributed by atoms with Gasteiger partial charge in [-0.2, -0.15) is 0 Å². The molecule has 0 aliphatic rings. The number of para-hydroxylation sites is 2. The first kappa shape index (κ1) is 15.1. The first-order valence-electron chi connectivity index (χ1n) is 7.09. The quantitative estimate of drug-likeness (QED) is 0.665. The molecule has 22 heavy (non-hydrogen) atoms. The van der Waals surface area contributed by atoms with E-state index in [1.807, 2.05) is 42.5 Å². The molecule has 0 unspecified atom stereocenters. The Morgan fingerprint density at radius 2 is 1.86 bits per heavy atom. The maximum atomic E-state index is 5.81. The standard InChI is InChI=1S/C17H17BrN2O2/c1-21-12-17-19-15-4-2-3-5-16(15)20(17)10-11-22-14-8-6-13(18)7-9-14/h2-9H,10-12H2,1H3. The van der Waals surface area contributed by atoms with Gasteiger partial charge in [0.05, 0.1) is 17.6 Å². The number of rotatable bonds is 6. The van der Waals surface area contributed by atoms with Crippen LogP contribution in [0.25, 0.3) is 11.0 Å². The van der Waals surface area contributed by atoms with Gasteiger partial charge in [-0.25, -0.2) is 4.98 Å². The maximum absolute atomic E-state index is 5.81. The van der Waals surface area contributed by atoms with Crippen LogP contribution in [-0.2, 0) is 17.9 Å². The molecule has 0 bridgehead atoms. The fourth-order valence-corrected chi connectivity index (χ4v) is 2.66. The summed E-state index contributed by atoms with van der Waals surface area (Å²) in [5.41, 5.74) is 2.09. The second-order valence-corrected chi connectivity index (χ2v) is 5.82. The van der Waals surface area contributed by atoms with Gasteiger partial charge in [-0.15, -0.1) is 0 Å². The number of aromatic nitrogens is 2. The summed E-state index contributed by atoms with van der Waals surface area (Å²) >= 11 is 3.42. The molecule has 0 atom stereocenters. The van der Waals surface area contributed by atoms with Crippen molar-refractivity contribution in [3.05, 3.63) is 58.8 Å². The summed E-state index contributed by atoms with van der Waals surface area (Å²) in [6.45, 7) is 1.81. The van der Waals surface area contributed by atoms with Crippen LogP contribution in [0.2, 0.25) is 0 Å². The van der Waals surface area contributed by atoms with E-state index < -0.39 is 0 Å². The summed E-state index contributed by atoms with van der Waals surface area (Å²) in [7, 11) is 1.68. The number of benzene rings is 2. The van der Waals surface area contributed by atoms with Gasteiger partial charge in [-0.05, 0) is 36.4 Å². The Labute approximate surface area is 137 Å². The minimum Gasteiger partial charge on any atom is -0.492 e. The lowest BCUT2D eigenvalue weighted by molar-refractivity contribution is 0.173. The van der Waals surface area contributed by atoms with Crippen LogP contribution in [0.1, 0.15) is 5.82 Å². The molecule has 4 nitrogen and oxygen atoms in total. The molecular formula is C17H17BrN2O2. The fourth-order valence-electron chi connectivity index (χ4n) is 2.40. The Bertz CT molecular complexity index is 753. The Kier molecular flexibility index (Phi) is 4.75. The van der Waals surface area contributed by atoms with Gasteiger partial charge in [-0.1, -0.05) is 28.1 Å². The molecule has 2 aromatic carbocycles. The topological polar surface area (TPSA) is 36.3 Å². The van der Waals surface area contributed by atoms with Crippen molar-refractivity contribution in [1.29, 1.82) is 0 Å². The van der Waals surface area contributed by atoms with Crippen LogP contribution in [0.3, 0.4) is 0 Å². The van der Waals surface area contributed by atoms with E-state index in [4.69, 9.17) is 9.47 Å². The van der Waals surface area contributed by atoms with E-state index in [2.05, 4.69) is 31.5 Å². The number of imidazole rings is 1. The van der Waals surface area contributed by atoms with Crippen molar-refractivity contribution in [3.63, 3.8) is 0 Å². The van der Waals surface area contributed by atoms with Crippen molar-refractivity contribution in [2.75, 3.05) is 13.7 Å². The summed E-state index contributed by atoms with van der Waals surface area (Å²) in [5.74, 6) is 1.78. The molecule has 0 aliphatic heterocycles. The van der Waals surface area contributed by atoms with Gasteiger partial charge in [0.15, 0.2) is 0 Å². The van der Waals surface area contributed by atoms with E-state index in [-0.39, 0.29) is 0 Å². The van der Waals surface area contributed by atoms with E-state index >= 15 is 0 Å². The van der Waals surface area contributed by atoms with Crippen LogP contribution in [0, 0.1) is 0 Å². The fraction of sp³-hybridized carbons (Fsp3) is 0.235. The van der Waals surface area contributed by atoms with E-state index in [1.165, 1.54) is 0 Å². The van der Waals surface area contributed by atoms with Gasteiger partial charge >= 0.3 is 0 Å². The SMILES string of the molecule is COCc1nc2ccccc2n1CCOc1ccc(Br)cc1. The zero-order chi connectivity index (χ0) is 15.4. The van der Waals surface area contributed by atoms with E-state index in [0.29, 0.717) is 13.2 Å². The number of hydrogen-bond donors (Lipinski definition) is 0. The van der Waals surface area contributed by atoms with Crippen LogP contribution in [-0.4, -0.2) is 23.3 Å². The Balaban J connectivity index is 1.74. The molecule has 0 saturated heterocycles. The molecule has 5 heteroatoms. The minimum atomic E-state index is 0.493. The van der Waals surface area contributed by atoms with Crippen molar-refractivity contribution < 1.29 is 9.47 Å². The summed E-state index contributed by atoms with van der Waals surface area (Å²) in [5, 5.41) is 0. The van der Waals surface area contributed by atoms with Gasteiger partial charge < -0.3 is 14.0 Å². The van der Waals surface area contributed by atoms with E-state index in [9.17, 15) is 0 Å². The zero-order valence-electron chi connectivity index (χ0n) is 12.3. The normalized spacial score (nSPS) is 11.0. The third kappa shape index (κ3) is 3.31. The maximum Gasteiger partial charge on any atom is 0.136 e. The highest BCUT2D eigenvalue weighted by Crippen LogP contribution is 2.18. The highest BCUT2D eigenvalue weighted by molar-refractivity contribution is 9.10. The number of methoxy groups -OCH3 is 1. The number of hydrogen-bond acceptors (Lipinski definition) is 3. The first-order chi connectivity index (χ1) is 10.8. The van der Waals surface area contributed by atoms with Gasteiger partial charge in [0, 0.05) is 11.6 Å². The molecule has 0 N–H and O–H groups in total. The molecule has 0 amide bonds. The monoisotopic (exact) mass is 360 g/mol. The highest BCUT2D eigenvalue weighted by Gasteiger charge is 2.09. The molecule has 3 rings (SSSR count). The molecule has 1 heterocycles. The van der Waals surface area contributed by atoms with Crippen molar-refractivity contribution in [3.8, 4) is 5.75 Å². The average Bonchev–Trinajstić information content (AvgIpc) is 2.88. The van der Waals surface area contributed by atoms with Crippen molar-refractivity contribution in [2.45, 2.75) is 13.2 Å². The predicted molar refractivity (Wildman–Crippen MR) is 90.1 cm³/mol. The molecule has 0 aliphatic carbocycles. The smallest absolute Gasteiger partial charge is 0.136 e. The summed E-state index contributed by atoms with van der Waals surface area (Å²) in [4.78, 5) is 4.62. The summed E-state index contributed by atoms with van der Waals surface area (Å²) in [6.07, 6.45) is 0. The zero-order valence-corrected chi connectivity index (χ0v) is 13.9. The van der Waals surface area contributed by atoms with Gasteiger partial charge in [0.2, 0.25) is 0 Å². The second kappa shape index (κ2) is 6.94. The predicted octanol–water partition coefficient (Wildman–Crippen LogP) is 4.02. The number of halogens is 1. The highest BCUT2D eigenvalue weighted by atomic mass is 79.9. The Morgan fingerprint density at radius 3 is 2.64 bits per heavy atom. The molecular weight excluding hydrogens is 344 g/mol. The van der Waals surface area contributed by atoms with Crippen LogP contribution in [0.5, 0.6) is 5.75 Å². The molecule has 3 aromatic rings. The van der Waals surface area contributed by atoms with Crippen LogP contribution < -0.4 is 4.74 Å². The van der Waals surface area contributed by atoms with E-state index in [0.717, 1.165) is 33.6 Å². The number of fused-ring (bicyclic) bond motifs is 1.